The second-order valence-electron chi connectivity index (χ2n) is 5.29. The lowest BCUT2D eigenvalue weighted by molar-refractivity contribution is 1.36. The van der Waals surface area contributed by atoms with Crippen molar-refractivity contribution < 1.29 is 0 Å². The minimum atomic E-state index is 0.901. The summed E-state index contributed by atoms with van der Waals surface area (Å²) in [4.78, 5) is 0. The maximum atomic E-state index is 4.13. The molecule has 1 aliphatic rings. The average Bonchev–Trinajstić information content (AvgIpc) is 2.74. The van der Waals surface area contributed by atoms with E-state index in [1.54, 1.807) is 6.08 Å². The molecule has 0 aliphatic heterocycles. The van der Waals surface area contributed by atoms with Crippen molar-refractivity contribution in [1.82, 2.24) is 0 Å². The van der Waals surface area contributed by atoms with Crippen LogP contribution in [0.15, 0.2) is 97.2 Å². The first-order chi connectivity index (χ1) is 10.7. The van der Waals surface area contributed by atoms with Gasteiger partial charge >= 0.3 is 0 Å². The summed E-state index contributed by atoms with van der Waals surface area (Å²) in [6.45, 7) is 13.8. The molecule has 22 heavy (non-hydrogen) atoms. The van der Waals surface area contributed by atoms with Crippen LogP contribution < -0.4 is 0 Å². The molecular formula is C22H22. The van der Waals surface area contributed by atoms with E-state index in [0.29, 0.717) is 0 Å². The second-order valence-corrected chi connectivity index (χ2v) is 5.29. The zero-order valence-electron chi connectivity index (χ0n) is 13.2. The van der Waals surface area contributed by atoms with Gasteiger partial charge in [0.05, 0.1) is 0 Å². The Kier molecular flexibility index (Phi) is 5.32. The Hall–Kier alpha value is -2.60. The molecule has 1 aromatic carbocycles. The molecule has 1 aliphatic carbocycles. The number of allylic oxidation sites excluding steroid dienone is 10. The summed E-state index contributed by atoms with van der Waals surface area (Å²) in [5.41, 5.74) is 7.07. The summed E-state index contributed by atoms with van der Waals surface area (Å²) >= 11 is 0. The highest BCUT2D eigenvalue weighted by molar-refractivity contribution is 5.81. The summed E-state index contributed by atoms with van der Waals surface area (Å²) < 4.78 is 0. The third-order valence-corrected chi connectivity index (χ3v) is 3.69. The fourth-order valence-corrected chi connectivity index (χ4v) is 2.52. The Morgan fingerprint density at radius 1 is 1.18 bits per heavy atom. The van der Waals surface area contributed by atoms with E-state index < -0.39 is 0 Å². The summed E-state index contributed by atoms with van der Waals surface area (Å²) in [5, 5.41) is 0. The van der Waals surface area contributed by atoms with Gasteiger partial charge in [-0.05, 0) is 52.8 Å². The standard InChI is InChI=1S/C22H22/c1-5-7-10-17(3)20-12-9-14-22(18(4)15-20)21-13-8-11-19(6-2)16-21/h5-8,10-16H,1-3,9H2,4H3/b10-7-. The van der Waals surface area contributed by atoms with E-state index in [9.17, 15) is 0 Å². The Bertz CT molecular complexity index is 718. The van der Waals surface area contributed by atoms with Crippen LogP contribution in [0.3, 0.4) is 0 Å². The Morgan fingerprint density at radius 3 is 2.73 bits per heavy atom. The molecular weight excluding hydrogens is 264 g/mol. The van der Waals surface area contributed by atoms with Crippen LogP contribution in [0.25, 0.3) is 11.6 Å². The Balaban J connectivity index is 2.32. The topological polar surface area (TPSA) is 0 Å². The first-order valence-corrected chi connectivity index (χ1v) is 7.46. The molecule has 0 radical (unpaired) electrons. The molecule has 0 N–H and O–H groups in total. The van der Waals surface area contributed by atoms with E-state index in [0.717, 1.165) is 17.6 Å². The van der Waals surface area contributed by atoms with Gasteiger partial charge in [0.25, 0.3) is 0 Å². The predicted octanol–water partition coefficient (Wildman–Crippen LogP) is 6.29. The zero-order chi connectivity index (χ0) is 15.9. The highest BCUT2D eigenvalue weighted by atomic mass is 14.1. The fourth-order valence-electron chi connectivity index (χ4n) is 2.52. The third kappa shape index (κ3) is 3.73. The normalized spacial score (nSPS) is 14.7. The van der Waals surface area contributed by atoms with Crippen LogP contribution >= 0.6 is 0 Å². The van der Waals surface area contributed by atoms with Gasteiger partial charge in [0.1, 0.15) is 0 Å². The summed E-state index contributed by atoms with van der Waals surface area (Å²) in [5.74, 6) is 0. The molecule has 2 rings (SSSR count). The smallest absolute Gasteiger partial charge is 0.0151 e. The summed E-state index contributed by atoms with van der Waals surface area (Å²) in [7, 11) is 0. The number of hydrogen-bond donors (Lipinski definition) is 0. The number of benzene rings is 1. The van der Waals surface area contributed by atoms with Crippen molar-refractivity contribution in [2.45, 2.75) is 13.3 Å². The molecule has 0 spiro atoms. The minimum absolute atomic E-state index is 0.901. The average molecular weight is 286 g/mol. The van der Waals surface area contributed by atoms with Gasteiger partial charge < -0.3 is 0 Å². The van der Waals surface area contributed by atoms with Crippen LogP contribution in [0.2, 0.25) is 0 Å². The van der Waals surface area contributed by atoms with E-state index in [4.69, 9.17) is 0 Å². The fraction of sp³-hybridized carbons (Fsp3) is 0.0909. The zero-order valence-corrected chi connectivity index (χ0v) is 13.2. The highest BCUT2D eigenvalue weighted by Gasteiger charge is 2.08. The number of hydrogen-bond acceptors (Lipinski definition) is 0. The molecule has 1 aromatic rings. The van der Waals surface area contributed by atoms with Gasteiger partial charge in [-0.15, -0.1) is 0 Å². The molecule has 110 valence electrons. The largest absolute Gasteiger partial charge is 0.0991 e. The van der Waals surface area contributed by atoms with Gasteiger partial charge in [-0.2, -0.15) is 0 Å². The summed E-state index contributed by atoms with van der Waals surface area (Å²) in [6, 6.07) is 8.46. The minimum Gasteiger partial charge on any atom is -0.0991 e. The van der Waals surface area contributed by atoms with Gasteiger partial charge in [0.2, 0.25) is 0 Å². The summed E-state index contributed by atoms with van der Waals surface area (Å²) in [6.07, 6.45) is 15.1. The van der Waals surface area contributed by atoms with Gasteiger partial charge in [0, 0.05) is 0 Å². The molecule has 0 unspecified atom stereocenters. The van der Waals surface area contributed by atoms with Crippen molar-refractivity contribution in [3.05, 3.63) is 108 Å². The molecule has 0 fully saturated rings. The Morgan fingerprint density at radius 2 is 2.00 bits per heavy atom. The lowest BCUT2D eigenvalue weighted by atomic mass is 9.95. The molecule has 0 nitrogen and oxygen atoms in total. The van der Waals surface area contributed by atoms with E-state index >= 15 is 0 Å². The Labute approximate surface area is 133 Å². The molecule has 0 aromatic heterocycles. The van der Waals surface area contributed by atoms with Crippen molar-refractivity contribution in [3.8, 4) is 0 Å². The first-order valence-electron chi connectivity index (χ1n) is 7.46. The molecule has 0 amide bonds. The molecule has 0 saturated carbocycles. The van der Waals surface area contributed by atoms with Crippen molar-refractivity contribution in [3.63, 3.8) is 0 Å². The third-order valence-electron chi connectivity index (χ3n) is 3.69. The van der Waals surface area contributed by atoms with Gasteiger partial charge in [-0.1, -0.05) is 80.5 Å². The SMILES string of the molecule is C=C/C=C\C(=C)C1=CCC=C(c2cccc(C=C)c2)C(C)=C1. The van der Waals surface area contributed by atoms with Gasteiger partial charge in [-0.25, -0.2) is 0 Å². The maximum Gasteiger partial charge on any atom is -0.0151 e. The van der Waals surface area contributed by atoms with E-state index in [1.807, 2.05) is 18.2 Å². The van der Waals surface area contributed by atoms with Crippen LogP contribution in [0.5, 0.6) is 0 Å². The van der Waals surface area contributed by atoms with Crippen LogP contribution in [0.4, 0.5) is 0 Å². The molecule has 0 heterocycles. The quantitative estimate of drug-likeness (QED) is 0.558. The van der Waals surface area contributed by atoms with Gasteiger partial charge in [0.15, 0.2) is 0 Å². The van der Waals surface area contributed by atoms with E-state index in [2.05, 4.69) is 69.2 Å². The lowest BCUT2D eigenvalue weighted by Crippen LogP contribution is -1.88. The van der Waals surface area contributed by atoms with Crippen molar-refractivity contribution in [2.24, 2.45) is 0 Å². The lowest BCUT2D eigenvalue weighted by Gasteiger charge is -2.09. The van der Waals surface area contributed by atoms with Crippen molar-refractivity contribution in [2.75, 3.05) is 0 Å². The van der Waals surface area contributed by atoms with Crippen LogP contribution in [-0.2, 0) is 0 Å². The molecule has 0 bridgehead atoms. The van der Waals surface area contributed by atoms with Crippen molar-refractivity contribution >= 4 is 11.6 Å². The predicted molar refractivity (Wildman–Crippen MR) is 99.4 cm³/mol. The van der Waals surface area contributed by atoms with Crippen LogP contribution in [0.1, 0.15) is 24.5 Å². The monoisotopic (exact) mass is 286 g/mol. The highest BCUT2D eigenvalue weighted by Crippen LogP contribution is 2.29. The molecule has 0 atom stereocenters. The van der Waals surface area contributed by atoms with E-state index in [1.165, 1.54) is 22.3 Å². The molecule has 0 saturated heterocycles. The van der Waals surface area contributed by atoms with Gasteiger partial charge in [-0.3, -0.25) is 0 Å². The van der Waals surface area contributed by atoms with Crippen LogP contribution in [0, 0.1) is 0 Å². The van der Waals surface area contributed by atoms with Crippen LogP contribution in [-0.4, -0.2) is 0 Å². The van der Waals surface area contributed by atoms with Crippen molar-refractivity contribution in [1.29, 1.82) is 0 Å². The molecule has 0 heteroatoms. The maximum absolute atomic E-state index is 4.13. The second kappa shape index (κ2) is 7.42. The first kappa shape index (κ1) is 15.8. The number of rotatable bonds is 5. The van der Waals surface area contributed by atoms with E-state index in [-0.39, 0.29) is 0 Å².